The lowest BCUT2D eigenvalue weighted by atomic mass is 10.2. The fraction of sp³-hybridized carbons (Fsp3) is 0.133. The van der Waals surface area contributed by atoms with Crippen molar-refractivity contribution in [2.45, 2.75) is 6.54 Å². The van der Waals surface area contributed by atoms with E-state index in [9.17, 15) is 9.18 Å². The molecule has 2 aromatic rings. The van der Waals surface area contributed by atoms with Gasteiger partial charge in [-0.3, -0.25) is 4.79 Å². The lowest BCUT2D eigenvalue weighted by molar-refractivity contribution is -0.123. The highest BCUT2D eigenvalue weighted by Gasteiger charge is 2.03. The summed E-state index contributed by atoms with van der Waals surface area (Å²) in [5.41, 5.74) is 7.00. The SMILES string of the molecule is Nc1cccc(OCC(=O)NCc2ccc(F)cc2)c1. The second-order valence-electron chi connectivity index (χ2n) is 4.26. The van der Waals surface area contributed by atoms with Crippen LogP contribution in [0.5, 0.6) is 5.75 Å². The Balaban J connectivity index is 1.77. The Morgan fingerprint density at radius 2 is 1.95 bits per heavy atom. The quantitative estimate of drug-likeness (QED) is 0.821. The molecule has 4 nitrogen and oxygen atoms in total. The van der Waals surface area contributed by atoms with Crippen molar-refractivity contribution in [3.05, 3.63) is 59.9 Å². The lowest BCUT2D eigenvalue weighted by Crippen LogP contribution is -2.28. The first-order valence-electron chi connectivity index (χ1n) is 6.13. The molecule has 0 bridgehead atoms. The monoisotopic (exact) mass is 274 g/mol. The van der Waals surface area contributed by atoms with Crippen molar-refractivity contribution >= 4 is 11.6 Å². The number of carbonyl (C=O) groups excluding carboxylic acids is 1. The molecular weight excluding hydrogens is 259 g/mol. The Hall–Kier alpha value is -2.56. The summed E-state index contributed by atoms with van der Waals surface area (Å²) in [5, 5.41) is 2.69. The van der Waals surface area contributed by atoms with Crippen LogP contribution >= 0.6 is 0 Å². The van der Waals surface area contributed by atoms with Crippen molar-refractivity contribution in [1.29, 1.82) is 0 Å². The van der Waals surface area contributed by atoms with Gasteiger partial charge in [-0.1, -0.05) is 18.2 Å². The number of rotatable bonds is 5. The van der Waals surface area contributed by atoms with E-state index in [1.807, 2.05) is 0 Å². The molecule has 1 amide bonds. The van der Waals surface area contributed by atoms with Crippen LogP contribution in [-0.4, -0.2) is 12.5 Å². The van der Waals surface area contributed by atoms with Crippen LogP contribution in [0.2, 0.25) is 0 Å². The molecule has 0 aliphatic carbocycles. The van der Waals surface area contributed by atoms with E-state index in [1.165, 1.54) is 12.1 Å². The number of hydrogen-bond acceptors (Lipinski definition) is 3. The van der Waals surface area contributed by atoms with Crippen molar-refractivity contribution in [1.82, 2.24) is 5.32 Å². The highest BCUT2D eigenvalue weighted by atomic mass is 19.1. The standard InChI is InChI=1S/C15H15FN2O2/c16-12-6-4-11(5-7-12)9-18-15(19)10-20-14-3-1-2-13(17)8-14/h1-8H,9-10,17H2,(H,18,19). The largest absolute Gasteiger partial charge is 0.484 e. The van der Waals surface area contributed by atoms with E-state index < -0.39 is 0 Å². The van der Waals surface area contributed by atoms with Crippen molar-refractivity contribution < 1.29 is 13.9 Å². The van der Waals surface area contributed by atoms with E-state index in [0.29, 0.717) is 18.0 Å². The second-order valence-corrected chi connectivity index (χ2v) is 4.26. The second kappa shape index (κ2) is 6.56. The minimum Gasteiger partial charge on any atom is -0.484 e. The smallest absolute Gasteiger partial charge is 0.258 e. The highest BCUT2D eigenvalue weighted by molar-refractivity contribution is 5.77. The number of hydrogen-bond donors (Lipinski definition) is 2. The predicted molar refractivity (Wildman–Crippen MR) is 74.6 cm³/mol. The molecule has 0 saturated heterocycles. The van der Waals surface area contributed by atoms with Crippen molar-refractivity contribution in [2.75, 3.05) is 12.3 Å². The maximum atomic E-state index is 12.7. The molecule has 20 heavy (non-hydrogen) atoms. The summed E-state index contributed by atoms with van der Waals surface area (Å²) in [6.07, 6.45) is 0. The van der Waals surface area contributed by atoms with Gasteiger partial charge in [-0.25, -0.2) is 4.39 Å². The molecule has 0 atom stereocenters. The van der Waals surface area contributed by atoms with Crippen molar-refractivity contribution in [3.63, 3.8) is 0 Å². The third-order valence-corrected chi connectivity index (χ3v) is 2.63. The molecule has 0 spiro atoms. The molecular formula is C15H15FN2O2. The van der Waals surface area contributed by atoms with E-state index in [4.69, 9.17) is 10.5 Å². The molecule has 0 heterocycles. The Bertz CT molecular complexity index is 585. The Kier molecular flexibility index (Phi) is 4.55. The maximum Gasteiger partial charge on any atom is 0.258 e. The molecule has 0 saturated carbocycles. The topological polar surface area (TPSA) is 64.3 Å². The summed E-state index contributed by atoms with van der Waals surface area (Å²) in [4.78, 5) is 11.6. The van der Waals surface area contributed by atoms with Gasteiger partial charge in [-0.05, 0) is 29.8 Å². The van der Waals surface area contributed by atoms with Gasteiger partial charge in [0.15, 0.2) is 6.61 Å². The molecule has 3 N–H and O–H groups in total. The van der Waals surface area contributed by atoms with E-state index in [0.717, 1.165) is 5.56 Å². The molecule has 2 rings (SSSR count). The summed E-state index contributed by atoms with van der Waals surface area (Å²) in [6.45, 7) is 0.240. The molecule has 5 heteroatoms. The first-order chi connectivity index (χ1) is 9.63. The summed E-state index contributed by atoms with van der Waals surface area (Å²) in [7, 11) is 0. The van der Waals surface area contributed by atoms with Gasteiger partial charge in [-0.2, -0.15) is 0 Å². The summed E-state index contributed by atoms with van der Waals surface area (Å²) >= 11 is 0. The number of nitrogens with two attached hydrogens (primary N) is 1. The number of amides is 1. The maximum absolute atomic E-state index is 12.7. The van der Waals surface area contributed by atoms with Gasteiger partial charge in [-0.15, -0.1) is 0 Å². The number of nitrogen functional groups attached to an aromatic ring is 1. The highest BCUT2D eigenvalue weighted by Crippen LogP contribution is 2.14. The van der Waals surface area contributed by atoms with Gasteiger partial charge in [0.25, 0.3) is 5.91 Å². The van der Waals surface area contributed by atoms with Crippen LogP contribution in [0.25, 0.3) is 0 Å². The number of benzene rings is 2. The number of anilines is 1. The molecule has 0 aliphatic rings. The number of ether oxygens (including phenoxy) is 1. The van der Waals surface area contributed by atoms with Gasteiger partial charge in [0, 0.05) is 18.3 Å². The fourth-order valence-corrected chi connectivity index (χ4v) is 1.61. The molecule has 104 valence electrons. The summed E-state index contributed by atoms with van der Waals surface area (Å²) in [5.74, 6) is -0.0104. The minimum atomic E-state index is -0.301. The number of carbonyl (C=O) groups is 1. The van der Waals surface area contributed by atoms with Gasteiger partial charge in [0.1, 0.15) is 11.6 Å². The van der Waals surface area contributed by atoms with Gasteiger partial charge < -0.3 is 15.8 Å². The van der Waals surface area contributed by atoms with E-state index in [-0.39, 0.29) is 18.3 Å². The predicted octanol–water partition coefficient (Wildman–Crippen LogP) is 2.10. The van der Waals surface area contributed by atoms with Crippen LogP contribution in [-0.2, 0) is 11.3 Å². The molecule has 0 aromatic heterocycles. The van der Waals surface area contributed by atoms with Crippen LogP contribution in [0.4, 0.5) is 10.1 Å². The lowest BCUT2D eigenvalue weighted by Gasteiger charge is -2.08. The van der Waals surface area contributed by atoms with Crippen LogP contribution in [0, 0.1) is 5.82 Å². The van der Waals surface area contributed by atoms with Crippen LogP contribution < -0.4 is 15.8 Å². The van der Waals surface area contributed by atoms with E-state index in [1.54, 1.807) is 36.4 Å². The average Bonchev–Trinajstić information content (AvgIpc) is 2.45. The van der Waals surface area contributed by atoms with Crippen LogP contribution in [0.15, 0.2) is 48.5 Å². The number of nitrogens with one attached hydrogen (secondary N) is 1. The Labute approximate surface area is 116 Å². The van der Waals surface area contributed by atoms with Crippen molar-refractivity contribution in [3.8, 4) is 5.75 Å². The first kappa shape index (κ1) is 13.9. The first-order valence-corrected chi connectivity index (χ1v) is 6.13. The Morgan fingerprint density at radius 3 is 2.65 bits per heavy atom. The van der Waals surface area contributed by atoms with Gasteiger partial charge >= 0.3 is 0 Å². The zero-order valence-corrected chi connectivity index (χ0v) is 10.8. The molecule has 0 radical (unpaired) electrons. The van der Waals surface area contributed by atoms with Crippen molar-refractivity contribution in [2.24, 2.45) is 0 Å². The third kappa shape index (κ3) is 4.28. The molecule has 0 aliphatic heterocycles. The zero-order valence-electron chi connectivity index (χ0n) is 10.8. The van der Waals surface area contributed by atoms with E-state index in [2.05, 4.69) is 5.32 Å². The van der Waals surface area contributed by atoms with E-state index >= 15 is 0 Å². The van der Waals surface area contributed by atoms with Crippen LogP contribution in [0.1, 0.15) is 5.56 Å². The zero-order chi connectivity index (χ0) is 14.4. The normalized spacial score (nSPS) is 10.1. The average molecular weight is 274 g/mol. The third-order valence-electron chi connectivity index (χ3n) is 2.63. The molecule has 2 aromatic carbocycles. The van der Waals surface area contributed by atoms with Crippen LogP contribution in [0.3, 0.4) is 0 Å². The molecule has 0 fully saturated rings. The van der Waals surface area contributed by atoms with Gasteiger partial charge in [0.05, 0.1) is 0 Å². The minimum absolute atomic E-state index is 0.0926. The Morgan fingerprint density at radius 1 is 1.20 bits per heavy atom. The fourth-order valence-electron chi connectivity index (χ4n) is 1.61. The number of halogens is 1. The summed E-state index contributed by atoms with van der Waals surface area (Å²) < 4.78 is 18.0. The van der Waals surface area contributed by atoms with Gasteiger partial charge in [0.2, 0.25) is 0 Å². The summed E-state index contributed by atoms with van der Waals surface area (Å²) in [6, 6.07) is 12.8. The molecule has 0 unspecified atom stereocenters.